The van der Waals surface area contributed by atoms with E-state index in [1.54, 1.807) is 6.07 Å². The van der Waals surface area contributed by atoms with E-state index in [2.05, 4.69) is 15.9 Å². The second-order valence-electron chi connectivity index (χ2n) is 4.36. The summed E-state index contributed by atoms with van der Waals surface area (Å²) in [4.78, 5) is 25.3. The Balaban J connectivity index is 2.13. The number of carbonyl (C=O) groups is 2. The Morgan fingerprint density at radius 3 is 1.95 bits per heavy atom. The van der Waals surface area contributed by atoms with Crippen LogP contribution in [0, 0.1) is 11.6 Å². The Hall–Kier alpha value is -1.79. The molecule has 0 atom stereocenters. The van der Waals surface area contributed by atoms with Crippen molar-refractivity contribution in [2.75, 3.05) is 4.90 Å². The molecule has 0 radical (unpaired) electrons. The average Bonchev–Trinajstić information content (AvgIpc) is 2.66. The third-order valence-corrected chi connectivity index (χ3v) is 4.32. The molecule has 2 aromatic rings. The fraction of sp³-hybridized carbons (Fsp3) is 0. The monoisotopic (exact) mass is 371 g/mol. The van der Waals surface area contributed by atoms with Crippen LogP contribution in [0.5, 0.6) is 0 Å². The van der Waals surface area contributed by atoms with E-state index in [1.165, 1.54) is 12.1 Å². The van der Waals surface area contributed by atoms with Gasteiger partial charge in [-0.05, 0) is 46.3 Å². The van der Waals surface area contributed by atoms with E-state index in [0.717, 1.165) is 17.0 Å². The maximum Gasteiger partial charge on any atom is 0.266 e. The second-order valence-corrected chi connectivity index (χ2v) is 5.62. The van der Waals surface area contributed by atoms with Gasteiger partial charge in [-0.2, -0.15) is 0 Å². The van der Waals surface area contributed by atoms with Crippen LogP contribution in [0.2, 0.25) is 5.02 Å². The van der Waals surface area contributed by atoms with Crippen molar-refractivity contribution in [1.29, 1.82) is 0 Å². The lowest BCUT2D eigenvalue weighted by atomic mass is 10.1. The standard InChI is InChI=1S/C14H5BrClF2NO2/c15-9-2-1-6(3-10(9)16)19-13(20)7-4-11(17)12(18)5-8(7)14(19)21/h1-5H. The zero-order chi connectivity index (χ0) is 15.3. The SMILES string of the molecule is O=C1c2cc(F)c(F)cc2C(=O)N1c1ccc(Br)c(Cl)c1. The number of benzene rings is 2. The van der Waals surface area contributed by atoms with Gasteiger partial charge in [0.25, 0.3) is 11.8 Å². The van der Waals surface area contributed by atoms with E-state index in [0.29, 0.717) is 9.50 Å². The van der Waals surface area contributed by atoms with Gasteiger partial charge in [0.1, 0.15) is 0 Å². The number of carbonyl (C=O) groups excluding carboxylic acids is 2. The minimum atomic E-state index is -1.18. The maximum absolute atomic E-state index is 13.2. The molecular weight excluding hydrogens is 368 g/mol. The molecule has 7 heteroatoms. The Morgan fingerprint density at radius 2 is 1.48 bits per heavy atom. The Morgan fingerprint density at radius 1 is 0.952 bits per heavy atom. The van der Waals surface area contributed by atoms with Crippen molar-refractivity contribution in [3.8, 4) is 0 Å². The van der Waals surface area contributed by atoms with Gasteiger partial charge < -0.3 is 0 Å². The third-order valence-electron chi connectivity index (χ3n) is 3.09. The van der Waals surface area contributed by atoms with Crippen LogP contribution in [0.25, 0.3) is 0 Å². The smallest absolute Gasteiger partial charge is 0.266 e. The number of imide groups is 1. The number of hydrogen-bond acceptors (Lipinski definition) is 2. The predicted molar refractivity (Wildman–Crippen MR) is 76.7 cm³/mol. The van der Waals surface area contributed by atoms with Crippen molar-refractivity contribution in [2.24, 2.45) is 0 Å². The lowest BCUT2D eigenvalue weighted by Crippen LogP contribution is -2.29. The second kappa shape index (κ2) is 4.89. The Kier molecular flexibility index (Phi) is 3.30. The lowest BCUT2D eigenvalue weighted by molar-refractivity contribution is 0.0926. The molecule has 0 fully saturated rings. The van der Waals surface area contributed by atoms with Gasteiger partial charge in [-0.3, -0.25) is 9.59 Å². The van der Waals surface area contributed by atoms with E-state index >= 15 is 0 Å². The van der Waals surface area contributed by atoms with Crippen molar-refractivity contribution in [3.05, 3.63) is 62.6 Å². The number of hydrogen-bond donors (Lipinski definition) is 0. The summed E-state index contributed by atoms with van der Waals surface area (Å²) in [5.74, 6) is -3.78. The maximum atomic E-state index is 13.2. The van der Waals surface area contributed by atoms with Gasteiger partial charge in [0.15, 0.2) is 11.6 Å². The van der Waals surface area contributed by atoms with Gasteiger partial charge in [-0.1, -0.05) is 11.6 Å². The molecule has 106 valence electrons. The summed E-state index contributed by atoms with van der Waals surface area (Å²) in [6, 6.07) is 5.95. The minimum Gasteiger partial charge on any atom is -0.268 e. The molecule has 0 unspecified atom stereocenters. The van der Waals surface area contributed by atoms with Crippen LogP contribution in [-0.2, 0) is 0 Å². The number of rotatable bonds is 1. The van der Waals surface area contributed by atoms with E-state index in [4.69, 9.17) is 11.6 Å². The topological polar surface area (TPSA) is 37.4 Å². The molecule has 0 aromatic heterocycles. The first-order chi connectivity index (χ1) is 9.90. The molecular formula is C14H5BrClF2NO2. The van der Waals surface area contributed by atoms with Crippen LogP contribution < -0.4 is 4.90 Å². The van der Waals surface area contributed by atoms with Crippen LogP contribution in [0.3, 0.4) is 0 Å². The number of nitrogens with zero attached hydrogens (tertiary/aromatic N) is 1. The third kappa shape index (κ3) is 2.15. The highest BCUT2D eigenvalue weighted by molar-refractivity contribution is 9.10. The van der Waals surface area contributed by atoms with Crippen molar-refractivity contribution in [1.82, 2.24) is 0 Å². The Bertz CT molecular complexity index is 769. The summed E-state index contributed by atoms with van der Waals surface area (Å²) in [5, 5.41) is 0.307. The quantitative estimate of drug-likeness (QED) is 0.704. The number of halogens is 4. The van der Waals surface area contributed by atoms with Gasteiger partial charge in [0.2, 0.25) is 0 Å². The summed E-state index contributed by atoms with van der Waals surface area (Å²) >= 11 is 9.13. The summed E-state index contributed by atoms with van der Waals surface area (Å²) in [5.41, 5.74) is -0.105. The molecule has 2 aromatic carbocycles. The van der Waals surface area contributed by atoms with E-state index < -0.39 is 23.4 Å². The molecule has 0 saturated carbocycles. The molecule has 0 bridgehead atoms. The minimum absolute atomic E-state index is 0.169. The molecule has 0 aliphatic carbocycles. The highest BCUT2D eigenvalue weighted by Gasteiger charge is 2.38. The first-order valence-corrected chi connectivity index (χ1v) is 6.90. The lowest BCUT2D eigenvalue weighted by Gasteiger charge is -2.14. The molecule has 0 spiro atoms. The van der Waals surface area contributed by atoms with Crippen LogP contribution in [-0.4, -0.2) is 11.8 Å². The number of anilines is 1. The van der Waals surface area contributed by atoms with Gasteiger partial charge in [0, 0.05) is 4.47 Å². The van der Waals surface area contributed by atoms with Crippen molar-refractivity contribution in [3.63, 3.8) is 0 Å². The molecule has 1 heterocycles. The molecule has 3 rings (SSSR count). The van der Waals surface area contributed by atoms with Crippen LogP contribution >= 0.6 is 27.5 Å². The normalized spacial score (nSPS) is 13.8. The molecule has 2 amide bonds. The predicted octanol–water partition coefficient (Wildman–Crippen LogP) is 4.18. The van der Waals surface area contributed by atoms with E-state index in [1.807, 2.05) is 0 Å². The first-order valence-electron chi connectivity index (χ1n) is 5.73. The fourth-order valence-corrected chi connectivity index (χ4v) is 2.51. The fourth-order valence-electron chi connectivity index (χ4n) is 2.09. The summed E-state index contributed by atoms with van der Waals surface area (Å²) in [6.45, 7) is 0. The molecule has 3 nitrogen and oxygen atoms in total. The van der Waals surface area contributed by atoms with Gasteiger partial charge >= 0.3 is 0 Å². The summed E-state index contributed by atoms with van der Waals surface area (Å²) < 4.78 is 27.1. The van der Waals surface area contributed by atoms with Crippen molar-refractivity contribution >= 4 is 45.0 Å². The zero-order valence-corrected chi connectivity index (χ0v) is 12.5. The van der Waals surface area contributed by atoms with Crippen molar-refractivity contribution in [2.45, 2.75) is 0 Å². The van der Waals surface area contributed by atoms with Crippen LogP contribution in [0.15, 0.2) is 34.8 Å². The average molecular weight is 373 g/mol. The highest BCUT2D eigenvalue weighted by atomic mass is 79.9. The van der Waals surface area contributed by atoms with Gasteiger partial charge in [-0.15, -0.1) is 0 Å². The van der Waals surface area contributed by atoms with Gasteiger partial charge in [-0.25, -0.2) is 13.7 Å². The molecule has 1 aliphatic heterocycles. The zero-order valence-electron chi connectivity index (χ0n) is 10.2. The molecule has 21 heavy (non-hydrogen) atoms. The molecule has 0 N–H and O–H groups in total. The first kappa shape index (κ1) is 14.2. The van der Waals surface area contributed by atoms with Gasteiger partial charge in [0.05, 0.1) is 21.8 Å². The molecule has 1 aliphatic rings. The van der Waals surface area contributed by atoms with E-state index in [9.17, 15) is 18.4 Å². The Labute approximate surface area is 131 Å². The number of fused-ring (bicyclic) bond motifs is 1. The largest absolute Gasteiger partial charge is 0.268 e. The highest BCUT2D eigenvalue weighted by Crippen LogP contribution is 2.33. The van der Waals surface area contributed by atoms with Crippen molar-refractivity contribution < 1.29 is 18.4 Å². The van der Waals surface area contributed by atoms with Crippen LogP contribution in [0.4, 0.5) is 14.5 Å². The molecule has 0 saturated heterocycles. The number of amides is 2. The van der Waals surface area contributed by atoms with E-state index in [-0.39, 0.29) is 16.8 Å². The summed E-state index contributed by atoms with van der Waals surface area (Å²) in [6.07, 6.45) is 0. The summed E-state index contributed by atoms with van der Waals surface area (Å²) in [7, 11) is 0. The van der Waals surface area contributed by atoms with Crippen LogP contribution in [0.1, 0.15) is 20.7 Å².